The van der Waals surface area contributed by atoms with Gasteiger partial charge in [0, 0.05) is 12.1 Å². The molecule has 1 aromatic rings. The zero-order valence-corrected chi connectivity index (χ0v) is 11.6. The summed E-state index contributed by atoms with van der Waals surface area (Å²) < 4.78 is 0. The van der Waals surface area contributed by atoms with Crippen LogP contribution in [0, 0.1) is 5.92 Å². The van der Waals surface area contributed by atoms with Crippen LogP contribution < -0.4 is 10.6 Å². The number of nitrogens with one attached hydrogen (secondary N) is 2. The molecule has 1 atom stereocenters. The third kappa shape index (κ3) is 4.00. The Hall–Kier alpha value is -1.06. The summed E-state index contributed by atoms with van der Waals surface area (Å²) >= 11 is 0. The number of hydrogen-bond acceptors (Lipinski definition) is 2. The van der Waals surface area contributed by atoms with Gasteiger partial charge >= 0.3 is 0 Å². The lowest BCUT2D eigenvalue weighted by atomic mass is 10.0. The molecule has 2 N–H and O–H groups in total. The van der Waals surface area contributed by atoms with Crippen molar-refractivity contribution < 1.29 is 4.79 Å². The van der Waals surface area contributed by atoms with Gasteiger partial charge in [-0.2, -0.15) is 0 Å². The summed E-state index contributed by atoms with van der Waals surface area (Å²) in [5.74, 6) is 0.642. The molecular weight excluding hydrogens is 248 g/mol. The van der Waals surface area contributed by atoms with Gasteiger partial charge in [-0.1, -0.05) is 25.1 Å². The molecule has 100 valence electrons. The highest BCUT2D eigenvalue weighted by atomic mass is 35.5. The number of hydrogen-bond donors (Lipinski definition) is 2. The SMILES string of the molecule is CCc1ccccc1NC(=O)CC1CCNC1.Cl. The fourth-order valence-electron chi connectivity index (χ4n) is 2.30. The fraction of sp³-hybridized carbons (Fsp3) is 0.500. The average Bonchev–Trinajstić information content (AvgIpc) is 2.82. The quantitative estimate of drug-likeness (QED) is 0.881. The molecule has 0 saturated carbocycles. The van der Waals surface area contributed by atoms with Crippen molar-refractivity contribution in [1.82, 2.24) is 5.32 Å². The van der Waals surface area contributed by atoms with Crippen LogP contribution in [0.2, 0.25) is 0 Å². The summed E-state index contributed by atoms with van der Waals surface area (Å²) in [7, 11) is 0. The molecule has 1 saturated heterocycles. The van der Waals surface area contributed by atoms with Gasteiger partial charge < -0.3 is 10.6 Å². The Morgan fingerprint density at radius 3 is 2.89 bits per heavy atom. The molecule has 2 rings (SSSR count). The van der Waals surface area contributed by atoms with Gasteiger partial charge in [-0.05, 0) is 43.5 Å². The van der Waals surface area contributed by atoms with Crippen LogP contribution in [0.25, 0.3) is 0 Å². The van der Waals surface area contributed by atoms with Crippen LogP contribution in [-0.2, 0) is 11.2 Å². The predicted octanol–water partition coefficient (Wildman–Crippen LogP) is 2.61. The Morgan fingerprint density at radius 2 is 2.22 bits per heavy atom. The monoisotopic (exact) mass is 268 g/mol. The second-order valence-corrected chi connectivity index (χ2v) is 4.62. The van der Waals surface area contributed by atoms with E-state index in [2.05, 4.69) is 23.6 Å². The van der Waals surface area contributed by atoms with E-state index >= 15 is 0 Å². The van der Waals surface area contributed by atoms with E-state index in [4.69, 9.17) is 0 Å². The third-order valence-corrected chi connectivity index (χ3v) is 3.31. The van der Waals surface area contributed by atoms with Gasteiger partial charge in [0.2, 0.25) is 5.91 Å². The molecule has 18 heavy (non-hydrogen) atoms. The van der Waals surface area contributed by atoms with E-state index in [-0.39, 0.29) is 18.3 Å². The smallest absolute Gasteiger partial charge is 0.224 e. The molecule has 1 heterocycles. The van der Waals surface area contributed by atoms with Crippen molar-refractivity contribution in [2.75, 3.05) is 18.4 Å². The second-order valence-electron chi connectivity index (χ2n) is 4.62. The molecule has 0 bridgehead atoms. The third-order valence-electron chi connectivity index (χ3n) is 3.31. The van der Waals surface area contributed by atoms with Gasteiger partial charge in [-0.15, -0.1) is 12.4 Å². The molecule has 0 aromatic heterocycles. The second kappa shape index (κ2) is 7.39. The lowest BCUT2D eigenvalue weighted by Crippen LogP contribution is -2.18. The van der Waals surface area contributed by atoms with Gasteiger partial charge in [-0.25, -0.2) is 0 Å². The first-order valence-corrected chi connectivity index (χ1v) is 6.38. The van der Waals surface area contributed by atoms with Crippen LogP contribution in [0.4, 0.5) is 5.69 Å². The van der Waals surface area contributed by atoms with E-state index < -0.39 is 0 Å². The van der Waals surface area contributed by atoms with Crippen LogP contribution in [0.1, 0.15) is 25.3 Å². The minimum Gasteiger partial charge on any atom is -0.326 e. The van der Waals surface area contributed by atoms with Crippen molar-refractivity contribution in [2.45, 2.75) is 26.2 Å². The molecule has 1 aliphatic heterocycles. The Morgan fingerprint density at radius 1 is 1.44 bits per heavy atom. The van der Waals surface area contributed by atoms with Crippen molar-refractivity contribution in [2.24, 2.45) is 5.92 Å². The number of anilines is 1. The van der Waals surface area contributed by atoms with Crippen molar-refractivity contribution in [3.8, 4) is 0 Å². The van der Waals surface area contributed by atoms with Crippen LogP contribution >= 0.6 is 12.4 Å². The van der Waals surface area contributed by atoms with E-state index in [1.807, 2.05) is 18.2 Å². The highest BCUT2D eigenvalue weighted by Crippen LogP contribution is 2.18. The molecule has 0 radical (unpaired) electrons. The number of carbonyl (C=O) groups excluding carboxylic acids is 1. The predicted molar refractivity (Wildman–Crippen MR) is 77.3 cm³/mol. The summed E-state index contributed by atoms with van der Waals surface area (Å²) in [4.78, 5) is 11.9. The molecular formula is C14H21ClN2O. The minimum atomic E-state index is 0. The lowest BCUT2D eigenvalue weighted by molar-refractivity contribution is -0.116. The molecule has 1 aromatic carbocycles. The first-order chi connectivity index (χ1) is 8.29. The first-order valence-electron chi connectivity index (χ1n) is 6.38. The van der Waals surface area contributed by atoms with Crippen molar-refractivity contribution in [1.29, 1.82) is 0 Å². The number of benzene rings is 1. The van der Waals surface area contributed by atoms with E-state index in [9.17, 15) is 4.79 Å². The zero-order chi connectivity index (χ0) is 12.1. The van der Waals surface area contributed by atoms with E-state index in [1.165, 1.54) is 5.56 Å². The number of para-hydroxylation sites is 1. The lowest BCUT2D eigenvalue weighted by Gasteiger charge is -2.11. The molecule has 4 heteroatoms. The first kappa shape index (κ1) is 15.0. The molecule has 0 spiro atoms. The number of carbonyl (C=O) groups is 1. The molecule has 0 aliphatic carbocycles. The maximum absolute atomic E-state index is 11.9. The standard InChI is InChI=1S/C14H20N2O.ClH/c1-2-12-5-3-4-6-13(12)16-14(17)9-11-7-8-15-10-11;/h3-6,11,15H,2,7-10H2,1H3,(H,16,17);1H. The van der Waals surface area contributed by atoms with Crippen molar-refractivity contribution in [3.63, 3.8) is 0 Å². The van der Waals surface area contributed by atoms with Crippen LogP contribution in [-0.4, -0.2) is 19.0 Å². The van der Waals surface area contributed by atoms with Crippen LogP contribution in [0.3, 0.4) is 0 Å². The minimum absolute atomic E-state index is 0. The summed E-state index contributed by atoms with van der Waals surface area (Å²) in [6.45, 7) is 4.12. The van der Waals surface area contributed by atoms with Crippen LogP contribution in [0.5, 0.6) is 0 Å². The Bertz CT molecular complexity index is 389. The number of halogens is 1. The fourth-order valence-corrected chi connectivity index (χ4v) is 2.30. The number of amides is 1. The maximum Gasteiger partial charge on any atom is 0.224 e. The van der Waals surface area contributed by atoms with E-state index in [0.29, 0.717) is 12.3 Å². The van der Waals surface area contributed by atoms with Crippen molar-refractivity contribution in [3.05, 3.63) is 29.8 Å². The van der Waals surface area contributed by atoms with Crippen molar-refractivity contribution >= 4 is 24.0 Å². The van der Waals surface area contributed by atoms with Gasteiger partial charge in [-0.3, -0.25) is 4.79 Å². The largest absolute Gasteiger partial charge is 0.326 e. The summed E-state index contributed by atoms with van der Waals surface area (Å²) in [5, 5.41) is 6.31. The summed E-state index contributed by atoms with van der Waals surface area (Å²) in [6.07, 6.45) is 2.69. The molecule has 3 nitrogen and oxygen atoms in total. The van der Waals surface area contributed by atoms with Crippen LogP contribution in [0.15, 0.2) is 24.3 Å². The Kier molecular flexibility index (Phi) is 6.16. The average molecular weight is 269 g/mol. The number of rotatable bonds is 4. The normalized spacial score (nSPS) is 18.2. The highest BCUT2D eigenvalue weighted by molar-refractivity contribution is 5.91. The van der Waals surface area contributed by atoms with Gasteiger partial charge in [0.05, 0.1) is 0 Å². The zero-order valence-electron chi connectivity index (χ0n) is 10.7. The molecule has 1 fully saturated rings. The van der Waals surface area contributed by atoms with Gasteiger partial charge in [0.15, 0.2) is 0 Å². The Balaban J connectivity index is 0.00000162. The topological polar surface area (TPSA) is 41.1 Å². The molecule has 1 unspecified atom stereocenters. The molecule has 1 amide bonds. The Labute approximate surface area is 115 Å². The maximum atomic E-state index is 11.9. The van der Waals surface area contributed by atoms with Gasteiger partial charge in [0.25, 0.3) is 0 Å². The number of aryl methyl sites for hydroxylation is 1. The van der Waals surface area contributed by atoms with Gasteiger partial charge in [0.1, 0.15) is 0 Å². The highest BCUT2D eigenvalue weighted by Gasteiger charge is 2.18. The van der Waals surface area contributed by atoms with E-state index in [1.54, 1.807) is 0 Å². The summed E-state index contributed by atoms with van der Waals surface area (Å²) in [5.41, 5.74) is 2.16. The molecule has 1 aliphatic rings. The summed E-state index contributed by atoms with van der Waals surface area (Å²) in [6, 6.07) is 8.01. The van der Waals surface area contributed by atoms with E-state index in [0.717, 1.165) is 31.6 Å².